The Hall–Kier alpha value is -1.06. The molecule has 1 aliphatic carbocycles. The van der Waals surface area contributed by atoms with E-state index in [4.69, 9.17) is 0 Å². The van der Waals surface area contributed by atoms with Gasteiger partial charge in [-0.15, -0.1) is 0 Å². The topological polar surface area (TPSA) is 57.6 Å². The van der Waals surface area contributed by atoms with Crippen molar-refractivity contribution in [1.29, 1.82) is 0 Å². The quantitative estimate of drug-likeness (QED) is 0.723. The molecule has 0 spiro atoms. The monoisotopic (exact) mass is 269 g/mol. The molecule has 1 amide bonds. The van der Waals surface area contributed by atoms with E-state index in [1.165, 1.54) is 0 Å². The van der Waals surface area contributed by atoms with Gasteiger partial charge in [-0.2, -0.15) is 0 Å². The molecule has 0 aromatic rings. The molecular formula is C15H27NO3. The summed E-state index contributed by atoms with van der Waals surface area (Å²) in [6.45, 7) is 10.6. The largest absolute Gasteiger partial charge is 0.481 e. The van der Waals surface area contributed by atoms with Crippen molar-refractivity contribution in [1.82, 2.24) is 4.90 Å². The molecule has 0 aromatic heterocycles. The van der Waals surface area contributed by atoms with Crippen molar-refractivity contribution in [3.63, 3.8) is 0 Å². The Labute approximate surface area is 116 Å². The summed E-state index contributed by atoms with van der Waals surface area (Å²) in [5.41, 5.74) is -0.402. The van der Waals surface area contributed by atoms with E-state index in [1.54, 1.807) is 0 Å². The van der Waals surface area contributed by atoms with Crippen LogP contribution in [-0.4, -0.2) is 34.5 Å². The number of carboxylic acids is 1. The van der Waals surface area contributed by atoms with Crippen molar-refractivity contribution in [2.24, 2.45) is 17.3 Å². The molecule has 4 nitrogen and oxygen atoms in total. The third kappa shape index (κ3) is 3.28. The van der Waals surface area contributed by atoms with Gasteiger partial charge in [-0.25, -0.2) is 0 Å². The van der Waals surface area contributed by atoms with Crippen molar-refractivity contribution < 1.29 is 14.7 Å². The molecule has 110 valence electrons. The fourth-order valence-corrected chi connectivity index (χ4v) is 2.89. The average Bonchev–Trinajstić information content (AvgIpc) is 2.86. The van der Waals surface area contributed by atoms with Gasteiger partial charge >= 0.3 is 5.97 Å². The molecule has 19 heavy (non-hydrogen) atoms. The fraction of sp³-hybridized carbons (Fsp3) is 0.867. The van der Waals surface area contributed by atoms with Gasteiger partial charge in [0.2, 0.25) is 5.91 Å². The second kappa shape index (κ2) is 5.93. The smallest absolute Gasteiger partial charge is 0.307 e. The van der Waals surface area contributed by atoms with Gasteiger partial charge in [0.1, 0.15) is 0 Å². The molecule has 2 atom stereocenters. The molecular weight excluding hydrogens is 242 g/mol. The molecule has 0 aliphatic heterocycles. The van der Waals surface area contributed by atoms with Crippen LogP contribution in [0.5, 0.6) is 0 Å². The number of amides is 1. The van der Waals surface area contributed by atoms with E-state index in [0.717, 1.165) is 25.8 Å². The van der Waals surface area contributed by atoms with Gasteiger partial charge in [0.05, 0.1) is 11.8 Å². The summed E-state index contributed by atoms with van der Waals surface area (Å²) in [4.78, 5) is 25.6. The highest BCUT2D eigenvalue weighted by Gasteiger charge is 2.66. The molecule has 0 saturated heterocycles. The molecule has 0 radical (unpaired) electrons. The second-order valence-electron chi connectivity index (χ2n) is 6.45. The summed E-state index contributed by atoms with van der Waals surface area (Å²) in [6.07, 6.45) is 3.21. The molecule has 4 heteroatoms. The first-order valence-corrected chi connectivity index (χ1v) is 7.28. The van der Waals surface area contributed by atoms with Crippen molar-refractivity contribution in [3.8, 4) is 0 Å². The van der Waals surface area contributed by atoms with Crippen LogP contribution < -0.4 is 0 Å². The van der Waals surface area contributed by atoms with E-state index in [9.17, 15) is 14.7 Å². The standard InChI is InChI=1S/C15H27NO3/c1-6-7-8-9-16(10(2)3)13(17)11-12(14(18)19)15(11,4)5/h10-12H,6-9H2,1-5H3,(H,18,19)/t11-,12+/m1/s1. The summed E-state index contributed by atoms with van der Waals surface area (Å²) in [6, 6.07) is 0.134. The van der Waals surface area contributed by atoms with E-state index >= 15 is 0 Å². The number of hydrogen-bond acceptors (Lipinski definition) is 2. The normalized spacial score (nSPS) is 24.3. The number of nitrogens with zero attached hydrogens (tertiary/aromatic N) is 1. The van der Waals surface area contributed by atoms with E-state index in [-0.39, 0.29) is 17.9 Å². The molecule has 0 aromatic carbocycles. The van der Waals surface area contributed by atoms with E-state index in [2.05, 4.69) is 6.92 Å². The maximum atomic E-state index is 12.5. The first-order chi connectivity index (χ1) is 8.75. The van der Waals surface area contributed by atoms with Gasteiger partial charge < -0.3 is 10.0 Å². The highest BCUT2D eigenvalue weighted by Crippen LogP contribution is 2.59. The zero-order valence-electron chi connectivity index (χ0n) is 12.8. The third-order valence-corrected chi connectivity index (χ3v) is 4.27. The number of hydrogen-bond donors (Lipinski definition) is 1. The third-order valence-electron chi connectivity index (χ3n) is 4.27. The van der Waals surface area contributed by atoms with Crippen molar-refractivity contribution in [2.45, 2.75) is 59.9 Å². The number of carbonyl (C=O) groups excluding carboxylic acids is 1. The summed E-state index contributed by atoms with van der Waals surface area (Å²) in [5, 5.41) is 9.17. The van der Waals surface area contributed by atoms with Crippen LogP contribution in [-0.2, 0) is 9.59 Å². The van der Waals surface area contributed by atoms with Crippen LogP contribution >= 0.6 is 0 Å². The summed E-state index contributed by atoms with van der Waals surface area (Å²) >= 11 is 0. The Morgan fingerprint density at radius 1 is 1.21 bits per heavy atom. The average molecular weight is 269 g/mol. The molecule has 0 heterocycles. The van der Waals surface area contributed by atoms with Gasteiger partial charge in [-0.3, -0.25) is 9.59 Å². The number of aliphatic carboxylic acids is 1. The lowest BCUT2D eigenvalue weighted by atomic mass is 10.1. The van der Waals surface area contributed by atoms with Crippen molar-refractivity contribution in [3.05, 3.63) is 0 Å². The van der Waals surface area contributed by atoms with Gasteiger partial charge in [-0.1, -0.05) is 33.6 Å². The predicted octanol–water partition coefficient (Wildman–Crippen LogP) is 2.77. The van der Waals surface area contributed by atoms with Gasteiger partial charge in [-0.05, 0) is 25.7 Å². The first kappa shape index (κ1) is 16.0. The lowest BCUT2D eigenvalue weighted by molar-refractivity contribution is -0.142. The van der Waals surface area contributed by atoms with Gasteiger partial charge in [0.25, 0.3) is 0 Å². The number of rotatable bonds is 7. The second-order valence-corrected chi connectivity index (χ2v) is 6.45. The zero-order chi connectivity index (χ0) is 14.8. The summed E-state index contributed by atoms with van der Waals surface area (Å²) < 4.78 is 0. The predicted molar refractivity (Wildman–Crippen MR) is 74.8 cm³/mol. The minimum Gasteiger partial charge on any atom is -0.481 e. The van der Waals surface area contributed by atoms with E-state index in [0.29, 0.717) is 0 Å². The molecule has 0 unspecified atom stereocenters. The van der Waals surface area contributed by atoms with E-state index in [1.807, 2.05) is 32.6 Å². The molecule has 1 N–H and O–H groups in total. The van der Waals surface area contributed by atoms with Crippen LogP contribution in [0, 0.1) is 17.3 Å². The summed E-state index contributed by atoms with van der Waals surface area (Å²) in [7, 11) is 0. The maximum absolute atomic E-state index is 12.5. The van der Waals surface area contributed by atoms with E-state index < -0.39 is 17.3 Å². The minimum absolute atomic E-state index is 0.0171. The molecule has 1 saturated carbocycles. The van der Waals surface area contributed by atoms with Crippen LogP contribution in [0.25, 0.3) is 0 Å². The van der Waals surface area contributed by atoms with Crippen molar-refractivity contribution >= 4 is 11.9 Å². The minimum atomic E-state index is -0.847. The first-order valence-electron chi connectivity index (χ1n) is 7.28. The zero-order valence-corrected chi connectivity index (χ0v) is 12.8. The Morgan fingerprint density at radius 3 is 2.16 bits per heavy atom. The SMILES string of the molecule is CCCCCN(C(=O)[C@H]1[C@@H](C(=O)O)C1(C)C)C(C)C. The Morgan fingerprint density at radius 2 is 1.79 bits per heavy atom. The Kier molecular flexibility index (Phi) is 4.99. The molecule has 0 bridgehead atoms. The van der Waals surface area contributed by atoms with Crippen LogP contribution in [0.15, 0.2) is 0 Å². The van der Waals surface area contributed by atoms with Crippen LogP contribution in [0.2, 0.25) is 0 Å². The number of unbranched alkanes of at least 4 members (excludes halogenated alkanes) is 2. The molecule has 1 aliphatic rings. The van der Waals surface area contributed by atoms with Gasteiger partial charge in [0, 0.05) is 12.6 Å². The molecule has 1 fully saturated rings. The number of carbonyl (C=O) groups is 2. The lowest BCUT2D eigenvalue weighted by Gasteiger charge is -2.27. The van der Waals surface area contributed by atoms with Crippen LogP contribution in [0.4, 0.5) is 0 Å². The molecule has 1 rings (SSSR count). The van der Waals surface area contributed by atoms with Gasteiger partial charge in [0.15, 0.2) is 0 Å². The highest BCUT2D eigenvalue weighted by molar-refractivity contribution is 5.91. The van der Waals surface area contributed by atoms with Crippen molar-refractivity contribution in [2.75, 3.05) is 6.54 Å². The number of carboxylic acid groups (broad SMARTS) is 1. The van der Waals surface area contributed by atoms with Crippen LogP contribution in [0.1, 0.15) is 53.9 Å². The lowest BCUT2D eigenvalue weighted by Crippen LogP contribution is -2.39. The Bertz CT molecular complexity index is 349. The maximum Gasteiger partial charge on any atom is 0.307 e. The Balaban J connectivity index is 2.71. The summed E-state index contributed by atoms with van der Waals surface area (Å²) in [5.74, 6) is -1.70. The van der Waals surface area contributed by atoms with Crippen LogP contribution in [0.3, 0.4) is 0 Å². The fourth-order valence-electron chi connectivity index (χ4n) is 2.89. The highest BCUT2D eigenvalue weighted by atomic mass is 16.4.